The summed E-state index contributed by atoms with van der Waals surface area (Å²) in [5.74, 6) is -2.10. The number of rotatable bonds is 9. The molecular weight excluding hydrogens is 418 g/mol. The topological polar surface area (TPSA) is 116 Å². The fourth-order valence-corrected chi connectivity index (χ4v) is 3.04. The number of benzene rings is 2. The van der Waals surface area contributed by atoms with E-state index >= 15 is 0 Å². The number of hydrogen-bond acceptors (Lipinski definition) is 6. The fraction of sp³-hybridized carbons (Fsp3) is 0.300. The molecule has 0 saturated heterocycles. The van der Waals surface area contributed by atoms with Gasteiger partial charge in [-0.25, -0.2) is 9.59 Å². The van der Waals surface area contributed by atoms with Crippen LogP contribution in [0.4, 0.5) is 0 Å². The first-order valence-corrected chi connectivity index (χ1v) is 10.1. The standard InChI is InChI=1S/C18H22ClNO2S.C2H2O4/c1-14(13-23-16-7-3-2-4-8-16)20-11-15(21)12-22-18-10-6-5-9-17(18)19;3-1(4)2(5)6/h2-10,14-15,20-21H,11-13H2,1H3;(H,3,4)(H,5,6). The second-order valence-corrected chi connectivity index (χ2v) is 7.44. The van der Waals surface area contributed by atoms with Gasteiger partial charge in [-0.2, -0.15) is 0 Å². The molecule has 0 heterocycles. The van der Waals surface area contributed by atoms with Crippen molar-refractivity contribution in [1.29, 1.82) is 0 Å². The number of hydrogen-bond donors (Lipinski definition) is 4. The minimum absolute atomic E-state index is 0.218. The van der Waals surface area contributed by atoms with Crippen LogP contribution in [0, 0.1) is 0 Å². The third-order valence-electron chi connectivity index (χ3n) is 3.40. The molecule has 29 heavy (non-hydrogen) atoms. The van der Waals surface area contributed by atoms with Crippen LogP contribution in [-0.2, 0) is 9.59 Å². The molecule has 0 aliphatic heterocycles. The molecule has 158 valence electrons. The molecule has 0 saturated carbocycles. The number of halogens is 1. The summed E-state index contributed by atoms with van der Waals surface area (Å²) in [6, 6.07) is 17.9. The van der Waals surface area contributed by atoms with E-state index < -0.39 is 18.0 Å². The molecule has 0 aromatic heterocycles. The van der Waals surface area contributed by atoms with Gasteiger partial charge in [0.05, 0.1) is 5.02 Å². The Kier molecular flexibility index (Phi) is 11.8. The van der Waals surface area contributed by atoms with Gasteiger partial charge in [0.25, 0.3) is 0 Å². The molecule has 7 nitrogen and oxygen atoms in total. The Bertz CT molecular complexity index is 750. The molecule has 0 aliphatic rings. The van der Waals surface area contributed by atoms with Crippen molar-refractivity contribution in [1.82, 2.24) is 5.32 Å². The second-order valence-electron chi connectivity index (χ2n) is 5.94. The number of carboxylic acids is 2. The summed E-state index contributed by atoms with van der Waals surface area (Å²) in [4.78, 5) is 19.5. The Morgan fingerprint density at radius 2 is 1.66 bits per heavy atom. The Balaban J connectivity index is 0.000000612. The van der Waals surface area contributed by atoms with Crippen molar-refractivity contribution in [2.24, 2.45) is 0 Å². The summed E-state index contributed by atoms with van der Waals surface area (Å²) in [5, 5.41) is 28.7. The van der Waals surface area contributed by atoms with Gasteiger partial charge in [0.15, 0.2) is 0 Å². The van der Waals surface area contributed by atoms with Gasteiger partial charge < -0.3 is 25.4 Å². The highest BCUT2D eigenvalue weighted by Gasteiger charge is 2.09. The predicted molar refractivity (Wildman–Crippen MR) is 113 cm³/mol. The summed E-state index contributed by atoms with van der Waals surface area (Å²) < 4.78 is 5.53. The number of para-hydroxylation sites is 1. The first-order chi connectivity index (χ1) is 13.8. The van der Waals surface area contributed by atoms with Crippen LogP contribution in [0.25, 0.3) is 0 Å². The molecule has 0 radical (unpaired) electrons. The first-order valence-electron chi connectivity index (χ1n) is 8.72. The van der Waals surface area contributed by atoms with Crippen molar-refractivity contribution >= 4 is 35.3 Å². The molecule has 9 heteroatoms. The van der Waals surface area contributed by atoms with Gasteiger partial charge >= 0.3 is 11.9 Å². The average molecular weight is 442 g/mol. The molecule has 2 aromatic rings. The summed E-state index contributed by atoms with van der Waals surface area (Å²) in [7, 11) is 0. The highest BCUT2D eigenvalue weighted by molar-refractivity contribution is 7.99. The van der Waals surface area contributed by atoms with Gasteiger partial charge in [0.1, 0.15) is 18.5 Å². The molecule has 0 spiro atoms. The van der Waals surface area contributed by atoms with Gasteiger partial charge in [-0.05, 0) is 31.2 Å². The molecule has 0 aliphatic carbocycles. The number of aliphatic hydroxyl groups excluding tert-OH is 1. The maximum atomic E-state index is 10.00. The Morgan fingerprint density at radius 3 is 2.24 bits per heavy atom. The second kappa shape index (κ2) is 13.8. The van der Waals surface area contributed by atoms with Crippen molar-refractivity contribution in [2.45, 2.75) is 24.0 Å². The van der Waals surface area contributed by atoms with Crippen LogP contribution in [-0.4, -0.2) is 58.3 Å². The molecule has 2 atom stereocenters. The van der Waals surface area contributed by atoms with E-state index in [0.717, 1.165) is 5.75 Å². The van der Waals surface area contributed by atoms with Crippen LogP contribution in [0.1, 0.15) is 6.92 Å². The monoisotopic (exact) mass is 441 g/mol. The highest BCUT2D eigenvalue weighted by atomic mass is 35.5. The molecule has 0 bridgehead atoms. The Labute approximate surface area is 178 Å². The van der Waals surface area contributed by atoms with Gasteiger partial charge in [-0.1, -0.05) is 41.9 Å². The van der Waals surface area contributed by atoms with Crippen molar-refractivity contribution in [3.05, 3.63) is 59.6 Å². The molecular formula is C20H24ClNO6S. The summed E-state index contributed by atoms with van der Waals surface area (Å²) >= 11 is 7.81. The minimum atomic E-state index is -1.82. The van der Waals surface area contributed by atoms with E-state index in [4.69, 9.17) is 36.1 Å². The zero-order chi connectivity index (χ0) is 21.6. The maximum absolute atomic E-state index is 10.00. The largest absolute Gasteiger partial charge is 0.489 e. The maximum Gasteiger partial charge on any atom is 0.414 e. The van der Waals surface area contributed by atoms with Crippen LogP contribution in [0.15, 0.2) is 59.5 Å². The minimum Gasteiger partial charge on any atom is -0.489 e. The smallest absolute Gasteiger partial charge is 0.414 e. The predicted octanol–water partition coefficient (Wildman–Crippen LogP) is 3.01. The third kappa shape index (κ3) is 11.4. The summed E-state index contributed by atoms with van der Waals surface area (Å²) in [6.45, 7) is 2.81. The lowest BCUT2D eigenvalue weighted by Gasteiger charge is -2.17. The van der Waals surface area contributed by atoms with E-state index in [1.54, 1.807) is 23.9 Å². The van der Waals surface area contributed by atoms with Crippen LogP contribution in [0.2, 0.25) is 5.02 Å². The number of nitrogens with one attached hydrogen (secondary N) is 1. The molecule has 0 amide bonds. The highest BCUT2D eigenvalue weighted by Crippen LogP contribution is 2.23. The van der Waals surface area contributed by atoms with Gasteiger partial charge in [0.2, 0.25) is 0 Å². The number of aliphatic hydroxyl groups is 1. The lowest BCUT2D eigenvalue weighted by molar-refractivity contribution is -0.159. The molecule has 2 rings (SSSR count). The van der Waals surface area contributed by atoms with Crippen LogP contribution < -0.4 is 10.1 Å². The number of ether oxygens (including phenoxy) is 1. The normalized spacial score (nSPS) is 12.2. The molecule has 4 N–H and O–H groups in total. The van der Waals surface area contributed by atoms with Crippen LogP contribution >= 0.6 is 23.4 Å². The zero-order valence-corrected chi connectivity index (χ0v) is 17.4. The molecule has 0 fully saturated rings. The fourth-order valence-electron chi connectivity index (χ4n) is 1.94. The van der Waals surface area contributed by atoms with Crippen molar-refractivity contribution < 1.29 is 29.6 Å². The van der Waals surface area contributed by atoms with E-state index in [9.17, 15) is 5.11 Å². The van der Waals surface area contributed by atoms with Crippen molar-refractivity contribution in [3.63, 3.8) is 0 Å². The van der Waals surface area contributed by atoms with Crippen LogP contribution in [0.5, 0.6) is 5.75 Å². The van der Waals surface area contributed by atoms with E-state index in [1.807, 2.05) is 30.3 Å². The number of carbonyl (C=O) groups is 2. The number of carboxylic acid groups (broad SMARTS) is 2. The Hall–Kier alpha value is -2.26. The lowest BCUT2D eigenvalue weighted by atomic mass is 10.3. The zero-order valence-electron chi connectivity index (χ0n) is 15.8. The average Bonchev–Trinajstić information content (AvgIpc) is 2.71. The molecule has 2 aromatic carbocycles. The lowest BCUT2D eigenvalue weighted by Crippen LogP contribution is -2.37. The van der Waals surface area contributed by atoms with E-state index in [0.29, 0.717) is 23.4 Å². The van der Waals surface area contributed by atoms with Gasteiger partial charge in [-0.15, -0.1) is 11.8 Å². The van der Waals surface area contributed by atoms with E-state index in [2.05, 4.69) is 24.4 Å². The SMILES string of the molecule is CC(CSc1ccccc1)NCC(O)COc1ccccc1Cl.O=C(O)C(=O)O. The first kappa shape index (κ1) is 24.8. The van der Waals surface area contributed by atoms with Gasteiger partial charge in [0, 0.05) is 23.2 Å². The molecule has 2 unspecified atom stereocenters. The number of thioether (sulfide) groups is 1. The quantitative estimate of drug-likeness (QED) is 0.346. The van der Waals surface area contributed by atoms with Crippen molar-refractivity contribution in [2.75, 3.05) is 18.9 Å². The van der Waals surface area contributed by atoms with Crippen LogP contribution in [0.3, 0.4) is 0 Å². The third-order valence-corrected chi connectivity index (χ3v) is 4.98. The van der Waals surface area contributed by atoms with E-state index in [-0.39, 0.29) is 6.61 Å². The Morgan fingerprint density at radius 1 is 1.07 bits per heavy atom. The summed E-state index contributed by atoms with van der Waals surface area (Å²) in [6.07, 6.45) is -0.574. The van der Waals surface area contributed by atoms with E-state index in [1.165, 1.54) is 4.90 Å². The van der Waals surface area contributed by atoms with Gasteiger partial charge in [-0.3, -0.25) is 0 Å². The number of aliphatic carboxylic acids is 2. The van der Waals surface area contributed by atoms with Crippen molar-refractivity contribution in [3.8, 4) is 5.75 Å². The summed E-state index contributed by atoms with van der Waals surface area (Å²) in [5.41, 5.74) is 0.